The van der Waals surface area contributed by atoms with Gasteiger partial charge in [0.2, 0.25) is 6.41 Å². The lowest BCUT2D eigenvalue weighted by Crippen LogP contribution is -2.46. The molecular weight excluding hydrogens is 214 g/mol. The molecule has 0 aromatic heterocycles. The van der Waals surface area contributed by atoms with E-state index in [1.165, 1.54) is 5.56 Å². The molecule has 1 aliphatic rings. The second-order valence-corrected chi connectivity index (χ2v) is 4.48. The number of benzene rings is 1. The van der Waals surface area contributed by atoms with Crippen LogP contribution in [0.5, 0.6) is 0 Å². The van der Waals surface area contributed by atoms with Crippen LogP contribution in [0.25, 0.3) is 0 Å². The number of carbonyl (C=O) groups is 1. The van der Waals surface area contributed by atoms with E-state index in [1.54, 1.807) is 0 Å². The molecule has 0 aliphatic carbocycles. The largest absolute Gasteiger partial charge is 0.399 e. The Morgan fingerprint density at radius 1 is 1.24 bits per heavy atom. The molecule has 0 radical (unpaired) electrons. The third kappa shape index (κ3) is 3.46. The van der Waals surface area contributed by atoms with Crippen LogP contribution in [0.1, 0.15) is 5.56 Å². The van der Waals surface area contributed by atoms with Crippen LogP contribution in [-0.2, 0) is 11.2 Å². The number of nitrogens with zero attached hydrogens (tertiary/aromatic N) is 2. The van der Waals surface area contributed by atoms with Crippen LogP contribution in [0.2, 0.25) is 0 Å². The molecular formula is C13H19N3O. The number of nitrogen functional groups attached to an aromatic ring is 1. The van der Waals surface area contributed by atoms with Crippen molar-refractivity contribution in [1.82, 2.24) is 9.80 Å². The van der Waals surface area contributed by atoms with Crippen molar-refractivity contribution in [3.63, 3.8) is 0 Å². The lowest BCUT2D eigenvalue weighted by molar-refractivity contribution is -0.119. The highest BCUT2D eigenvalue weighted by molar-refractivity contribution is 5.47. The molecule has 2 rings (SSSR count). The van der Waals surface area contributed by atoms with Gasteiger partial charge >= 0.3 is 0 Å². The van der Waals surface area contributed by atoms with Crippen LogP contribution in [-0.4, -0.2) is 48.9 Å². The van der Waals surface area contributed by atoms with Gasteiger partial charge < -0.3 is 10.6 Å². The predicted octanol–water partition coefficient (Wildman–Crippen LogP) is 0.585. The van der Waals surface area contributed by atoms with Crippen molar-refractivity contribution in [3.05, 3.63) is 29.8 Å². The molecule has 4 heteroatoms. The number of nitrogens with two attached hydrogens (primary N) is 1. The van der Waals surface area contributed by atoms with Gasteiger partial charge in [-0.25, -0.2) is 0 Å². The van der Waals surface area contributed by atoms with Crippen LogP contribution in [0, 0.1) is 0 Å². The van der Waals surface area contributed by atoms with Gasteiger partial charge in [0.25, 0.3) is 0 Å². The Morgan fingerprint density at radius 2 is 2.00 bits per heavy atom. The Balaban J connectivity index is 1.77. The topological polar surface area (TPSA) is 49.6 Å². The van der Waals surface area contributed by atoms with Crippen LogP contribution in [0.4, 0.5) is 5.69 Å². The lowest BCUT2D eigenvalue weighted by Gasteiger charge is -2.32. The van der Waals surface area contributed by atoms with Crippen molar-refractivity contribution in [2.45, 2.75) is 6.42 Å². The average Bonchev–Trinajstić information content (AvgIpc) is 2.37. The zero-order valence-corrected chi connectivity index (χ0v) is 10.0. The molecule has 0 atom stereocenters. The number of hydrogen-bond acceptors (Lipinski definition) is 3. The number of anilines is 1. The van der Waals surface area contributed by atoms with E-state index in [-0.39, 0.29) is 0 Å². The Morgan fingerprint density at radius 3 is 2.65 bits per heavy atom. The molecule has 4 nitrogen and oxygen atoms in total. The Hall–Kier alpha value is -1.55. The van der Waals surface area contributed by atoms with E-state index in [2.05, 4.69) is 11.0 Å². The number of rotatable bonds is 4. The van der Waals surface area contributed by atoms with Crippen LogP contribution in [0.3, 0.4) is 0 Å². The summed E-state index contributed by atoms with van der Waals surface area (Å²) in [6, 6.07) is 8.04. The van der Waals surface area contributed by atoms with Crippen molar-refractivity contribution < 1.29 is 4.79 Å². The van der Waals surface area contributed by atoms with Crippen molar-refractivity contribution >= 4 is 12.1 Å². The molecule has 1 aromatic carbocycles. The van der Waals surface area contributed by atoms with Crippen LogP contribution >= 0.6 is 0 Å². The molecule has 1 fully saturated rings. The van der Waals surface area contributed by atoms with E-state index in [0.717, 1.165) is 51.2 Å². The third-order valence-electron chi connectivity index (χ3n) is 3.22. The fourth-order valence-corrected chi connectivity index (χ4v) is 2.13. The minimum absolute atomic E-state index is 0.827. The second-order valence-electron chi connectivity index (χ2n) is 4.48. The van der Waals surface area contributed by atoms with Crippen LogP contribution in [0.15, 0.2) is 24.3 Å². The Labute approximate surface area is 102 Å². The summed E-state index contributed by atoms with van der Waals surface area (Å²) in [5, 5.41) is 0. The normalized spacial score (nSPS) is 17.1. The summed E-state index contributed by atoms with van der Waals surface area (Å²) in [5.41, 5.74) is 7.85. The molecule has 1 aliphatic heterocycles. The first-order chi connectivity index (χ1) is 8.28. The number of carbonyl (C=O) groups excluding carboxylic acids is 1. The highest BCUT2D eigenvalue weighted by Crippen LogP contribution is 2.08. The van der Waals surface area contributed by atoms with Crippen molar-refractivity contribution in [1.29, 1.82) is 0 Å². The summed E-state index contributed by atoms with van der Waals surface area (Å²) in [5.74, 6) is 0. The highest BCUT2D eigenvalue weighted by Gasteiger charge is 2.14. The van der Waals surface area contributed by atoms with Gasteiger partial charge in [-0.3, -0.25) is 9.69 Å². The fourth-order valence-electron chi connectivity index (χ4n) is 2.13. The number of hydrogen-bond donors (Lipinski definition) is 1. The first kappa shape index (κ1) is 11.9. The van der Waals surface area contributed by atoms with E-state index in [9.17, 15) is 4.79 Å². The van der Waals surface area contributed by atoms with Crippen LogP contribution < -0.4 is 5.73 Å². The molecule has 0 spiro atoms. The standard InChI is InChI=1S/C13H19N3O/c14-13-3-1-2-12(10-13)4-5-15-6-8-16(11-17)9-7-15/h1-3,10-11H,4-9,14H2. The van der Waals surface area contributed by atoms with Crippen molar-refractivity contribution in [2.24, 2.45) is 0 Å². The maximum absolute atomic E-state index is 10.6. The maximum Gasteiger partial charge on any atom is 0.209 e. The van der Waals surface area contributed by atoms with Gasteiger partial charge in [-0.1, -0.05) is 12.1 Å². The summed E-state index contributed by atoms with van der Waals surface area (Å²) in [6.07, 6.45) is 1.96. The summed E-state index contributed by atoms with van der Waals surface area (Å²) >= 11 is 0. The molecule has 92 valence electrons. The van der Waals surface area contributed by atoms with Gasteiger partial charge in [-0.05, 0) is 24.1 Å². The summed E-state index contributed by atoms with van der Waals surface area (Å²) in [4.78, 5) is 14.8. The van der Waals surface area contributed by atoms with Gasteiger partial charge in [-0.15, -0.1) is 0 Å². The SMILES string of the molecule is Nc1cccc(CCN2CCN(C=O)CC2)c1. The molecule has 17 heavy (non-hydrogen) atoms. The Bertz CT molecular complexity index is 373. The van der Waals surface area contributed by atoms with Gasteiger partial charge in [0, 0.05) is 38.4 Å². The molecule has 1 aromatic rings. The molecule has 0 unspecified atom stereocenters. The minimum atomic E-state index is 0.827. The zero-order chi connectivity index (χ0) is 12.1. The second kappa shape index (κ2) is 5.68. The average molecular weight is 233 g/mol. The number of piperazine rings is 1. The molecule has 2 N–H and O–H groups in total. The fraction of sp³-hybridized carbons (Fsp3) is 0.462. The number of amides is 1. The van der Waals surface area contributed by atoms with Gasteiger partial charge in [0.1, 0.15) is 0 Å². The van der Waals surface area contributed by atoms with E-state index in [0.29, 0.717) is 0 Å². The van der Waals surface area contributed by atoms with E-state index in [1.807, 2.05) is 23.1 Å². The quantitative estimate of drug-likeness (QED) is 0.611. The van der Waals surface area contributed by atoms with Crippen molar-refractivity contribution in [2.75, 3.05) is 38.5 Å². The first-order valence-corrected chi connectivity index (χ1v) is 6.04. The van der Waals surface area contributed by atoms with Gasteiger partial charge in [0.05, 0.1) is 0 Å². The predicted molar refractivity (Wildman–Crippen MR) is 68.6 cm³/mol. The zero-order valence-electron chi connectivity index (χ0n) is 10.0. The highest BCUT2D eigenvalue weighted by atomic mass is 16.1. The summed E-state index contributed by atoms with van der Waals surface area (Å²) in [7, 11) is 0. The van der Waals surface area contributed by atoms with Gasteiger partial charge in [-0.2, -0.15) is 0 Å². The molecule has 1 saturated heterocycles. The molecule has 0 bridgehead atoms. The monoisotopic (exact) mass is 233 g/mol. The molecule has 1 amide bonds. The van der Waals surface area contributed by atoms with E-state index >= 15 is 0 Å². The molecule has 0 saturated carbocycles. The van der Waals surface area contributed by atoms with Gasteiger partial charge in [0.15, 0.2) is 0 Å². The van der Waals surface area contributed by atoms with E-state index in [4.69, 9.17) is 5.73 Å². The summed E-state index contributed by atoms with van der Waals surface area (Å²) in [6.45, 7) is 4.68. The molecule has 1 heterocycles. The summed E-state index contributed by atoms with van der Waals surface area (Å²) < 4.78 is 0. The maximum atomic E-state index is 10.6. The first-order valence-electron chi connectivity index (χ1n) is 6.04. The third-order valence-corrected chi connectivity index (χ3v) is 3.22. The van der Waals surface area contributed by atoms with Crippen molar-refractivity contribution in [3.8, 4) is 0 Å². The Kier molecular flexibility index (Phi) is 3.98. The minimum Gasteiger partial charge on any atom is -0.399 e. The lowest BCUT2D eigenvalue weighted by atomic mass is 10.1. The smallest absolute Gasteiger partial charge is 0.209 e. The van der Waals surface area contributed by atoms with E-state index < -0.39 is 0 Å².